The number of rotatable bonds is 6. The fraction of sp³-hybridized carbons (Fsp3) is 0.407. The second-order valence-corrected chi connectivity index (χ2v) is 9.77. The summed E-state index contributed by atoms with van der Waals surface area (Å²) in [5, 5.41) is 19.9. The van der Waals surface area contributed by atoms with Gasteiger partial charge in [-0.3, -0.25) is 14.5 Å². The van der Waals surface area contributed by atoms with Gasteiger partial charge in [0.2, 0.25) is 11.8 Å². The second-order valence-electron chi connectivity index (χ2n) is 9.77. The van der Waals surface area contributed by atoms with Crippen LogP contribution in [-0.4, -0.2) is 47.1 Å². The lowest BCUT2D eigenvalue weighted by atomic mass is 9.58. The van der Waals surface area contributed by atoms with E-state index in [0.29, 0.717) is 37.1 Å². The van der Waals surface area contributed by atoms with Gasteiger partial charge in [-0.25, -0.2) is 0 Å². The molecule has 35 heavy (non-hydrogen) atoms. The predicted molar refractivity (Wildman–Crippen MR) is 131 cm³/mol. The molecule has 1 aromatic carbocycles. The first-order chi connectivity index (χ1) is 16.9. The predicted octanol–water partition coefficient (Wildman–Crippen LogP) is 3.54. The van der Waals surface area contributed by atoms with Crippen molar-refractivity contribution >= 4 is 30.6 Å². The van der Waals surface area contributed by atoms with Gasteiger partial charge in [-0.1, -0.05) is 35.9 Å². The molecular weight excluding hydrogens is 445 g/mol. The zero-order valence-electron chi connectivity index (χ0n) is 20.0. The standard InChI is InChI=1S/C27H30BNO6/c1-16-12-21-25(27(32)29(2)26(21)31)22-14-28(33)35-23(24(16)22)11-8-18(17-6-4-3-5-7-17)13-19-9-10-20(15-30)34-19/h3-7,9-10,13,21-23,25,30,33H,8,11-12,14-15H2,1-2H3/b18-13-/t21-,22+,23-,25-/m1/s1. The van der Waals surface area contributed by atoms with Crippen molar-refractivity contribution in [2.45, 2.75) is 45.2 Å². The largest absolute Gasteiger partial charge is 0.459 e. The molecule has 2 amide bonds. The highest BCUT2D eigenvalue weighted by molar-refractivity contribution is 6.43. The van der Waals surface area contributed by atoms with Gasteiger partial charge in [0.1, 0.15) is 18.1 Å². The summed E-state index contributed by atoms with van der Waals surface area (Å²) in [5.74, 6) is -0.0580. The highest BCUT2D eigenvalue weighted by Crippen LogP contribution is 2.50. The molecule has 2 saturated heterocycles. The van der Waals surface area contributed by atoms with E-state index in [9.17, 15) is 19.7 Å². The Morgan fingerprint density at radius 3 is 2.63 bits per heavy atom. The van der Waals surface area contributed by atoms with Crippen LogP contribution in [0.15, 0.2) is 58.0 Å². The summed E-state index contributed by atoms with van der Waals surface area (Å²) >= 11 is 0. The van der Waals surface area contributed by atoms with Gasteiger partial charge in [-0.05, 0) is 73.3 Å². The fourth-order valence-electron chi connectivity index (χ4n) is 6.04. The van der Waals surface area contributed by atoms with E-state index in [1.54, 1.807) is 13.1 Å². The van der Waals surface area contributed by atoms with Gasteiger partial charge in [0.05, 0.1) is 17.9 Å². The van der Waals surface area contributed by atoms with Crippen molar-refractivity contribution < 1.29 is 28.8 Å². The molecule has 0 unspecified atom stereocenters. The number of carbonyl (C=O) groups excluding carboxylic acids is 2. The molecule has 182 valence electrons. The highest BCUT2D eigenvalue weighted by Gasteiger charge is 2.55. The molecule has 0 spiro atoms. The average molecular weight is 475 g/mol. The van der Waals surface area contributed by atoms with E-state index in [2.05, 4.69) is 0 Å². The zero-order chi connectivity index (χ0) is 24.7. The van der Waals surface area contributed by atoms with E-state index in [1.807, 2.05) is 49.4 Å². The lowest BCUT2D eigenvalue weighted by Crippen LogP contribution is -2.45. The van der Waals surface area contributed by atoms with Gasteiger partial charge in [0.15, 0.2) is 0 Å². The Hall–Kier alpha value is -2.94. The number of furan rings is 1. The van der Waals surface area contributed by atoms with E-state index in [-0.39, 0.29) is 36.4 Å². The molecule has 3 heterocycles. The van der Waals surface area contributed by atoms with Crippen LogP contribution in [0.2, 0.25) is 6.32 Å². The molecule has 4 atom stereocenters. The molecule has 7 nitrogen and oxygen atoms in total. The van der Waals surface area contributed by atoms with E-state index in [1.165, 1.54) is 4.90 Å². The summed E-state index contributed by atoms with van der Waals surface area (Å²) in [5.41, 5.74) is 4.26. The normalized spacial score (nSPS) is 26.9. The maximum Gasteiger partial charge on any atom is 0.455 e. The number of allylic oxidation sites excluding steroid dienone is 2. The number of imide groups is 1. The first-order valence-corrected chi connectivity index (χ1v) is 12.2. The molecule has 0 radical (unpaired) electrons. The summed E-state index contributed by atoms with van der Waals surface area (Å²) in [6.45, 7) is 1.87. The number of likely N-dealkylation sites (tertiary alicyclic amines) is 1. The van der Waals surface area contributed by atoms with Crippen molar-refractivity contribution in [1.82, 2.24) is 4.90 Å². The van der Waals surface area contributed by atoms with Crippen LogP contribution in [0.4, 0.5) is 0 Å². The van der Waals surface area contributed by atoms with Gasteiger partial charge in [0, 0.05) is 7.05 Å². The highest BCUT2D eigenvalue weighted by atomic mass is 16.5. The van der Waals surface area contributed by atoms with Crippen molar-refractivity contribution in [3.63, 3.8) is 0 Å². The SMILES string of the molecule is CC1=C2[C@@H](CC/C(=C/c3ccc(CO)o3)c3ccccc3)OB(O)C[C@@H]2[C@@H]2C(=O)N(C)C(=O)[C@@H]2C1. The summed E-state index contributed by atoms with van der Waals surface area (Å²) in [6, 6.07) is 13.6. The van der Waals surface area contributed by atoms with Gasteiger partial charge in [-0.15, -0.1) is 0 Å². The smallest absolute Gasteiger partial charge is 0.455 e. The molecule has 0 bridgehead atoms. The maximum atomic E-state index is 12.9. The Morgan fingerprint density at radius 2 is 1.91 bits per heavy atom. The average Bonchev–Trinajstić information content (AvgIpc) is 3.40. The minimum atomic E-state index is -0.976. The van der Waals surface area contributed by atoms with Gasteiger partial charge in [-0.2, -0.15) is 0 Å². The number of hydrogen-bond donors (Lipinski definition) is 2. The van der Waals surface area contributed by atoms with Crippen molar-refractivity contribution in [2.75, 3.05) is 7.05 Å². The summed E-state index contributed by atoms with van der Waals surface area (Å²) < 4.78 is 11.7. The third kappa shape index (κ3) is 4.42. The van der Waals surface area contributed by atoms with Crippen molar-refractivity contribution in [3.8, 4) is 0 Å². The molecule has 5 rings (SSSR count). The van der Waals surface area contributed by atoms with Crippen LogP contribution in [0.1, 0.15) is 43.3 Å². The molecule has 2 aliphatic heterocycles. The van der Waals surface area contributed by atoms with Crippen LogP contribution in [0.3, 0.4) is 0 Å². The molecule has 2 fully saturated rings. The summed E-state index contributed by atoms with van der Waals surface area (Å²) in [4.78, 5) is 26.8. The third-order valence-corrected chi connectivity index (χ3v) is 7.65. The fourth-order valence-corrected chi connectivity index (χ4v) is 6.04. The van der Waals surface area contributed by atoms with Crippen LogP contribution >= 0.6 is 0 Å². The Kier molecular flexibility index (Phi) is 6.53. The number of carbonyl (C=O) groups is 2. The van der Waals surface area contributed by atoms with Gasteiger partial charge < -0.3 is 19.2 Å². The lowest BCUT2D eigenvalue weighted by molar-refractivity contribution is -0.138. The first-order valence-electron chi connectivity index (χ1n) is 12.2. The van der Waals surface area contributed by atoms with Gasteiger partial charge in [0.25, 0.3) is 0 Å². The Morgan fingerprint density at radius 1 is 1.14 bits per heavy atom. The van der Waals surface area contributed by atoms with E-state index >= 15 is 0 Å². The van der Waals surface area contributed by atoms with Crippen LogP contribution < -0.4 is 0 Å². The number of amides is 2. The molecule has 3 aliphatic rings. The van der Waals surface area contributed by atoms with Crippen molar-refractivity contribution in [1.29, 1.82) is 0 Å². The summed E-state index contributed by atoms with van der Waals surface area (Å²) in [6.07, 6.45) is 3.78. The molecule has 1 aromatic heterocycles. The number of aliphatic hydroxyl groups excluding tert-OH is 1. The number of fused-ring (bicyclic) bond motifs is 3. The molecule has 2 aromatic rings. The van der Waals surface area contributed by atoms with Crippen molar-refractivity contribution in [2.24, 2.45) is 17.8 Å². The molecule has 1 aliphatic carbocycles. The minimum Gasteiger partial charge on any atom is -0.459 e. The number of hydrogen-bond acceptors (Lipinski definition) is 6. The third-order valence-electron chi connectivity index (χ3n) is 7.65. The van der Waals surface area contributed by atoms with Crippen molar-refractivity contribution in [3.05, 3.63) is 70.7 Å². The van der Waals surface area contributed by atoms with Crippen LogP contribution in [0, 0.1) is 17.8 Å². The molecule has 8 heteroatoms. The monoisotopic (exact) mass is 475 g/mol. The second kappa shape index (κ2) is 9.61. The Balaban J connectivity index is 1.43. The lowest BCUT2D eigenvalue weighted by Gasteiger charge is -2.42. The van der Waals surface area contributed by atoms with Crippen LogP contribution in [0.5, 0.6) is 0 Å². The van der Waals surface area contributed by atoms with E-state index in [0.717, 1.165) is 22.3 Å². The number of nitrogens with zero attached hydrogens (tertiary/aromatic N) is 1. The molecule has 2 N–H and O–H groups in total. The molecule has 0 saturated carbocycles. The number of aliphatic hydroxyl groups is 1. The zero-order valence-corrected chi connectivity index (χ0v) is 20.0. The topological polar surface area (TPSA) is 100 Å². The maximum absolute atomic E-state index is 12.9. The quantitative estimate of drug-likeness (QED) is 0.377. The van der Waals surface area contributed by atoms with Gasteiger partial charge >= 0.3 is 7.12 Å². The van der Waals surface area contributed by atoms with E-state index < -0.39 is 13.0 Å². The number of benzene rings is 1. The summed E-state index contributed by atoms with van der Waals surface area (Å²) in [7, 11) is 0.578. The minimum absolute atomic E-state index is 0.120. The Bertz CT molecular complexity index is 1190. The van der Waals surface area contributed by atoms with Crippen LogP contribution in [-0.2, 0) is 20.9 Å². The first kappa shape index (κ1) is 23.8. The Labute approximate surface area is 205 Å². The van der Waals surface area contributed by atoms with Crippen LogP contribution in [0.25, 0.3) is 11.6 Å². The van der Waals surface area contributed by atoms with E-state index in [4.69, 9.17) is 9.07 Å². The molecular formula is C27H30BNO6.